The summed E-state index contributed by atoms with van der Waals surface area (Å²) in [5, 5.41) is 17.2. The Morgan fingerprint density at radius 3 is 2.52 bits per heavy atom. The molecule has 4 N–H and O–H groups in total. The number of fused-ring (bicyclic) bond motifs is 2. The third-order valence-corrected chi connectivity index (χ3v) is 7.90. The summed E-state index contributed by atoms with van der Waals surface area (Å²) in [5.74, 6) is 1.44. The number of benzene rings is 2. The Kier molecular flexibility index (Phi) is 9.32. The van der Waals surface area contributed by atoms with Gasteiger partial charge in [-0.25, -0.2) is 9.78 Å². The minimum Gasteiger partial charge on any atom is -0.492 e. The molecule has 1 aromatic heterocycles. The van der Waals surface area contributed by atoms with E-state index < -0.39 is 6.09 Å². The molecule has 13 nitrogen and oxygen atoms in total. The number of ether oxygens (including phenoxy) is 1. The second-order valence-corrected chi connectivity index (χ2v) is 10.7. The third kappa shape index (κ3) is 6.61. The average Bonchev–Trinajstić information content (AvgIpc) is 3.11. The maximum Gasteiger partial charge on any atom is 0.404 e. The maximum absolute atomic E-state index is 13.1. The lowest BCUT2D eigenvalue weighted by Crippen LogP contribution is -2.41. The summed E-state index contributed by atoms with van der Waals surface area (Å²) in [6.07, 6.45) is 2.58. The van der Waals surface area contributed by atoms with Crippen LogP contribution in [0.15, 0.2) is 48.7 Å². The topological polar surface area (TPSA) is 152 Å². The van der Waals surface area contributed by atoms with Crippen LogP contribution in [0.3, 0.4) is 0 Å². The second-order valence-electron chi connectivity index (χ2n) is 10.7. The van der Waals surface area contributed by atoms with Crippen molar-refractivity contribution in [1.82, 2.24) is 20.6 Å². The minimum atomic E-state index is -1.06. The molecule has 0 bridgehead atoms. The number of nitrogens with zero attached hydrogens (tertiary/aromatic N) is 5. The first kappa shape index (κ1) is 30.4. The summed E-state index contributed by atoms with van der Waals surface area (Å²) >= 11 is 0. The van der Waals surface area contributed by atoms with Crippen LogP contribution in [0.5, 0.6) is 5.75 Å². The van der Waals surface area contributed by atoms with E-state index in [1.165, 1.54) is 0 Å². The van der Waals surface area contributed by atoms with Gasteiger partial charge in [-0.1, -0.05) is 12.1 Å². The van der Waals surface area contributed by atoms with Gasteiger partial charge in [0.2, 0.25) is 11.9 Å². The largest absolute Gasteiger partial charge is 0.492 e. The summed E-state index contributed by atoms with van der Waals surface area (Å²) in [6.45, 7) is 4.60. The number of anilines is 6. The summed E-state index contributed by atoms with van der Waals surface area (Å²) in [6, 6.07) is 13.4. The normalized spacial score (nSPS) is 14.8. The van der Waals surface area contributed by atoms with Gasteiger partial charge in [0.25, 0.3) is 5.91 Å². The predicted octanol–water partition coefficient (Wildman–Crippen LogP) is 3.97. The van der Waals surface area contributed by atoms with Crippen LogP contribution in [0.4, 0.5) is 39.3 Å². The molecule has 44 heavy (non-hydrogen) atoms. The molecular formula is C31H38N8O5. The quantitative estimate of drug-likeness (QED) is 0.251. The van der Waals surface area contributed by atoms with Crippen molar-refractivity contribution in [1.29, 1.82) is 0 Å². The zero-order valence-electron chi connectivity index (χ0n) is 25.2. The van der Waals surface area contributed by atoms with E-state index in [4.69, 9.17) is 14.8 Å². The lowest BCUT2D eigenvalue weighted by atomic mass is 9.95. The van der Waals surface area contributed by atoms with Crippen LogP contribution >= 0.6 is 0 Å². The monoisotopic (exact) mass is 602 g/mol. The molecule has 5 rings (SSSR count). The Balaban J connectivity index is 1.26. The number of carbonyl (C=O) groups is 3. The summed E-state index contributed by atoms with van der Waals surface area (Å²) in [4.78, 5) is 51.2. The predicted molar refractivity (Wildman–Crippen MR) is 169 cm³/mol. The van der Waals surface area contributed by atoms with E-state index >= 15 is 0 Å². The van der Waals surface area contributed by atoms with E-state index in [0.717, 1.165) is 37.3 Å². The molecule has 0 aliphatic carbocycles. The number of hydrogen-bond donors (Lipinski definition) is 4. The average molecular weight is 603 g/mol. The molecule has 0 unspecified atom stereocenters. The van der Waals surface area contributed by atoms with Crippen LogP contribution in [-0.2, 0) is 4.79 Å². The van der Waals surface area contributed by atoms with Crippen LogP contribution < -0.4 is 35.4 Å². The van der Waals surface area contributed by atoms with Crippen molar-refractivity contribution in [2.24, 2.45) is 5.92 Å². The fraction of sp³-hybridized carbons (Fsp3) is 0.387. The van der Waals surface area contributed by atoms with Crippen molar-refractivity contribution in [2.45, 2.75) is 26.2 Å². The van der Waals surface area contributed by atoms with E-state index in [0.29, 0.717) is 60.6 Å². The standard InChI is InChI=1S/C31H38N8O5/c1-4-44-26-18-21(39-16-12-20(13-17-39)28(40)32-14-7-15-33-31(42)43)10-11-23(26)35-30-34-19-25-27(36-30)37(2)24-9-6-5-8-22(24)29(41)38(25)3/h5-6,8-11,18-20,33H,4,7,12-17H2,1-3H3,(H,32,40)(H,42,43)(H,34,35,36). The Labute approximate surface area is 256 Å². The first-order valence-electron chi connectivity index (χ1n) is 14.8. The van der Waals surface area contributed by atoms with Crippen molar-refractivity contribution in [3.63, 3.8) is 0 Å². The van der Waals surface area contributed by atoms with E-state index in [9.17, 15) is 14.4 Å². The molecule has 232 valence electrons. The Hall–Kier alpha value is -5.07. The van der Waals surface area contributed by atoms with Crippen molar-refractivity contribution < 1.29 is 24.2 Å². The first-order chi connectivity index (χ1) is 21.3. The van der Waals surface area contributed by atoms with Gasteiger partial charge in [-0.05, 0) is 50.5 Å². The van der Waals surface area contributed by atoms with Crippen LogP contribution in [0, 0.1) is 5.92 Å². The molecular weight excluding hydrogens is 564 g/mol. The number of rotatable bonds is 10. The number of piperidine rings is 1. The molecule has 3 aromatic rings. The number of para-hydroxylation sites is 1. The smallest absolute Gasteiger partial charge is 0.404 e. The molecule has 0 radical (unpaired) electrons. The third-order valence-electron chi connectivity index (χ3n) is 7.90. The Morgan fingerprint density at radius 1 is 1.02 bits per heavy atom. The lowest BCUT2D eigenvalue weighted by Gasteiger charge is -2.33. The summed E-state index contributed by atoms with van der Waals surface area (Å²) in [5.41, 5.74) is 3.67. The van der Waals surface area contributed by atoms with Gasteiger partial charge in [0.05, 0.1) is 29.7 Å². The molecule has 3 amide bonds. The van der Waals surface area contributed by atoms with Crippen LogP contribution in [-0.4, -0.2) is 79.9 Å². The number of amides is 3. The number of aromatic nitrogens is 2. The van der Waals surface area contributed by atoms with Gasteiger partial charge in [-0.2, -0.15) is 4.98 Å². The molecule has 13 heteroatoms. The van der Waals surface area contributed by atoms with E-state index in [2.05, 4.69) is 25.8 Å². The molecule has 3 heterocycles. The molecule has 2 aromatic carbocycles. The van der Waals surface area contributed by atoms with Gasteiger partial charge in [-0.15, -0.1) is 0 Å². The van der Waals surface area contributed by atoms with Crippen molar-refractivity contribution >= 4 is 52.4 Å². The Bertz CT molecular complexity index is 1520. The van der Waals surface area contributed by atoms with E-state index in [-0.39, 0.29) is 17.7 Å². The van der Waals surface area contributed by atoms with Crippen molar-refractivity contribution in [3.8, 4) is 5.75 Å². The number of nitrogens with one attached hydrogen (secondary N) is 3. The first-order valence-corrected chi connectivity index (χ1v) is 14.8. The van der Waals surface area contributed by atoms with Crippen molar-refractivity contribution in [2.75, 3.05) is 66.9 Å². The lowest BCUT2D eigenvalue weighted by molar-refractivity contribution is -0.125. The molecule has 2 aliphatic rings. The van der Waals surface area contributed by atoms with Gasteiger partial charge in [0.1, 0.15) is 11.4 Å². The molecule has 0 spiro atoms. The molecule has 0 saturated carbocycles. The molecule has 2 aliphatic heterocycles. The van der Waals surface area contributed by atoms with Crippen LogP contribution in [0.2, 0.25) is 0 Å². The van der Waals surface area contributed by atoms with Gasteiger partial charge < -0.3 is 40.5 Å². The van der Waals surface area contributed by atoms with Crippen LogP contribution in [0.1, 0.15) is 36.5 Å². The number of hydrogen-bond acceptors (Lipinski definition) is 9. The fourth-order valence-electron chi connectivity index (χ4n) is 5.51. The molecule has 1 fully saturated rings. The fourth-order valence-corrected chi connectivity index (χ4v) is 5.51. The highest BCUT2D eigenvalue weighted by Gasteiger charge is 2.29. The maximum atomic E-state index is 13.1. The van der Waals surface area contributed by atoms with Gasteiger partial charge >= 0.3 is 6.09 Å². The zero-order valence-corrected chi connectivity index (χ0v) is 25.2. The van der Waals surface area contributed by atoms with Gasteiger partial charge in [0, 0.05) is 57.9 Å². The number of carbonyl (C=O) groups excluding carboxylic acids is 2. The van der Waals surface area contributed by atoms with Gasteiger partial charge in [-0.3, -0.25) is 9.59 Å². The minimum absolute atomic E-state index is 0.0139. The summed E-state index contributed by atoms with van der Waals surface area (Å²) in [7, 11) is 3.60. The van der Waals surface area contributed by atoms with Crippen LogP contribution in [0.25, 0.3) is 0 Å². The van der Waals surface area contributed by atoms with E-state index in [1.807, 2.05) is 61.3 Å². The molecule has 0 atom stereocenters. The van der Waals surface area contributed by atoms with Gasteiger partial charge in [0.15, 0.2) is 5.82 Å². The Morgan fingerprint density at radius 2 is 1.77 bits per heavy atom. The van der Waals surface area contributed by atoms with Crippen molar-refractivity contribution in [3.05, 3.63) is 54.2 Å². The highest BCUT2D eigenvalue weighted by atomic mass is 16.5. The highest BCUT2D eigenvalue weighted by Crippen LogP contribution is 2.39. The molecule has 1 saturated heterocycles. The SMILES string of the molecule is CCOc1cc(N2CCC(C(=O)NCCCNC(=O)O)CC2)ccc1Nc1ncc2c(n1)N(C)c1ccccc1C(=O)N2C. The summed E-state index contributed by atoms with van der Waals surface area (Å²) < 4.78 is 6.00. The van der Waals surface area contributed by atoms with E-state index in [1.54, 1.807) is 18.1 Å². The zero-order chi connectivity index (χ0) is 31.2. The highest BCUT2D eigenvalue weighted by molar-refractivity contribution is 6.13. The second kappa shape index (κ2) is 13.5. The number of carboxylic acid groups (broad SMARTS) is 1.